The van der Waals surface area contributed by atoms with Crippen LogP contribution in [0.15, 0.2) is 0 Å². The summed E-state index contributed by atoms with van der Waals surface area (Å²) in [5, 5.41) is 54.0. The molecule has 0 bridgehead atoms. The van der Waals surface area contributed by atoms with Crippen LogP contribution in [0.3, 0.4) is 0 Å². The maximum atomic E-state index is 12.9. The molecule has 0 saturated carbocycles. The van der Waals surface area contributed by atoms with Gasteiger partial charge in [-0.2, -0.15) is 0 Å². The molecule has 9 heteroatoms. The Bertz CT molecular complexity index is 741. The third-order valence-corrected chi connectivity index (χ3v) is 10.2. The standard InChI is InChI=1S/C40H79NO8/c1-3-5-7-9-11-13-14-15-16-17-18-19-20-22-24-26-28-30-36(44)41-33(34(43)29-27-25-23-21-12-10-8-6-4-2)32-48-40-39(47)38(46)37(45)35(31-42)49-40/h33-35,37-40,42-43,45-47H,3-32H2,1-2H3,(H,41,44). The van der Waals surface area contributed by atoms with Gasteiger partial charge in [-0.05, 0) is 12.8 Å². The van der Waals surface area contributed by atoms with Crippen molar-refractivity contribution in [3.8, 4) is 0 Å². The van der Waals surface area contributed by atoms with Crippen LogP contribution in [0, 0.1) is 0 Å². The Labute approximate surface area is 300 Å². The molecule has 0 radical (unpaired) electrons. The van der Waals surface area contributed by atoms with E-state index in [9.17, 15) is 30.3 Å². The van der Waals surface area contributed by atoms with E-state index in [1.807, 2.05) is 0 Å². The first kappa shape index (κ1) is 46.2. The van der Waals surface area contributed by atoms with Crippen molar-refractivity contribution >= 4 is 5.91 Å². The number of nitrogens with one attached hydrogen (secondary N) is 1. The van der Waals surface area contributed by atoms with Crippen molar-refractivity contribution in [2.75, 3.05) is 13.2 Å². The lowest BCUT2D eigenvalue weighted by Crippen LogP contribution is -2.60. The van der Waals surface area contributed by atoms with Crippen LogP contribution in [-0.2, 0) is 14.3 Å². The molecular formula is C40H79NO8. The average Bonchev–Trinajstić information content (AvgIpc) is 3.10. The molecule has 49 heavy (non-hydrogen) atoms. The molecule has 9 nitrogen and oxygen atoms in total. The Hall–Kier alpha value is -0.810. The summed E-state index contributed by atoms with van der Waals surface area (Å²) in [7, 11) is 0. The van der Waals surface area contributed by atoms with Gasteiger partial charge in [0.2, 0.25) is 5.91 Å². The van der Waals surface area contributed by atoms with Gasteiger partial charge >= 0.3 is 0 Å². The van der Waals surface area contributed by atoms with E-state index in [1.54, 1.807) is 0 Å². The quantitative estimate of drug-likeness (QED) is 0.0376. The molecule has 0 aliphatic carbocycles. The van der Waals surface area contributed by atoms with E-state index in [2.05, 4.69) is 19.2 Å². The normalized spacial score (nSPS) is 22.3. The average molecular weight is 702 g/mol. The molecule has 1 rings (SSSR count). The number of unbranched alkanes of at least 4 members (excludes halogenated alkanes) is 24. The minimum Gasteiger partial charge on any atom is -0.394 e. The van der Waals surface area contributed by atoms with Crippen molar-refractivity contribution in [1.29, 1.82) is 0 Å². The third-order valence-electron chi connectivity index (χ3n) is 10.2. The highest BCUT2D eigenvalue weighted by atomic mass is 16.7. The highest BCUT2D eigenvalue weighted by Crippen LogP contribution is 2.23. The summed E-state index contributed by atoms with van der Waals surface area (Å²) in [4.78, 5) is 12.9. The minimum atomic E-state index is -1.55. The predicted octanol–water partition coefficient (Wildman–Crippen LogP) is 7.61. The molecule has 1 aliphatic heterocycles. The maximum Gasteiger partial charge on any atom is 0.220 e. The second kappa shape index (κ2) is 31.9. The molecule has 0 spiro atoms. The van der Waals surface area contributed by atoms with E-state index < -0.39 is 49.5 Å². The summed E-state index contributed by atoms with van der Waals surface area (Å²) in [5.41, 5.74) is 0. The van der Waals surface area contributed by atoms with E-state index >= 15 is 0 Å². The number of carbonyl (C=O) groups excluding carboxylic acids is 1. The van der Waals surface area contributed by atoms with Gasteiger partial charge in [-0.3, -0.25) is 4.79 Å². The van der Waals surface area contributed by atoms with Crippen LogP contribution in [0.1, 0.15) is 194 Å². The second-order valence-corrected chi connectivity index (χ2v) is 14.8. The fourth-order valence-electron chi connectivity index (χ4n) is 6.81. The molecule has 0 aromatic heterocycles. The van der Waals surface area contributed by atoms with Crippen molar-refractivity contribution in [2.45, 2.75) is 236 Å². The molecule has 0 aromatic rings. The minimum absolute atomic E-state index is 0.133. The lowest BCUT2D eigenvalue weighted by Gasteiger charge is -2.40. The lowest BCUT2D eigenvalue weighted by molar-refractivity contribution is -0.302. The lowest BCUT2D eigenvalue weighted by atomic mass is 9.99. The summed E-state index contributed by atoms with van der Waals surface area (Å²) in [5.74, 6) is -0.144. The molecule has 1 heterocycles. The topological polar surface area (TPSA) is 149 Å². The largest absolute Gasteiger partial charge is 0.394 e. The Morgan fingerprint density at radius 1 is 0.612 bits per heavy atom. The van der Waals surface area contributed by atoms with Crippen molar-refractivity contribution in [3.63, 3.8) is 0 Å². The number of ether oxygens (including phenoxy) is 2. The van der Waals surface area contributed by atoms with Crippen LogP contribution < -0.4 is 5.32 Å². The Balaban J connectivity index is 2.32. The molecule has 0 aromatic carbocycles. The first-order chi connectivity index (χ1) is 23.8. The van der Waals surface area contributed by atoms with Gasteiger partial charge in [0.1, 0.15) is 24.4 Å². The second-order valence-electron chi connectivity index (χ2n) is 14.8. The van der Waals surface area contributed by atoms with Crippen LogP contribution in [-0.4, -0.2) is 87.5 Å². The van der Waals surface area contributed by atoms with Crippen LogP contribution >= 0.6 is 0 Å². The van der Waals surface area contributed by atoms with E-state index in [0.717, 1.165) is 38.5 Å². The predicted molar refractivity (Wildman–Crippen MR) is 198 cm³/mol. The zero-order valence-corrected chi connectivity index (χ0v) is 31.7. The molecule has 7 unspecified atom stereocenters. The van der Waals surface area contributed by atoms with Gasteiger partial charge in [0.05, 0.1) is 25.4 Å². The number of aliphatic hydroxyl groups is 5. The highest BCUT2D eigenvalue weighted by Gasteiger charge is 2.44. The van der Waals surface area contributed by atoms with Gasteiger partial charge in [-0.15, -0.1) is 0 Å². The Kier molecular flexibility index (Phi) is 30.1. The van der Waals surface area contributed by atoms with Crippen LogP contribution in [0.4, 0.5) is 0 Å². The van der Waals surface area contributed by atoms with Gasteiger partial charge in [-0.25, -0.2) is 0 Å². The summed E-state index contributed by atoms with van der Waals surface area (Å²) in [6.07, 6.45) is 25.4. The fourth-order valence-corrected chi connectivity index (χ4v) is 6.81. The number of hydrogen-bond donors (Lipinski definition) is 6. The summed E-state index contributed by atoms with van der Waals surface area (Å²) >= 11 is 0. The van der Waals surface area contributed by atoms with E-state index in [1.165, 1.54) is 128 Å². The van der Waals surface area contributed by atoms with Gasteiger partial charge in [0.15, 0.2) is 6.29 Å². The van der Waals surface area contributed by atoms with E-state index in [-0.39, 0.29) is 12.5 Å². The van der Waals surface area contributed by atoms with E-state index in [4.69, 9.17) is 9.47 Å². The number of carbonyl (C=O) groups is 1. The van der Waals surface area contributed by atoms with Crippen molar-refractivity contribution < 1.29 is 39.8 Å². The highest BCUT2D eigenvalue weighted by molar-refractivity contribution is 5.76. The van der Waals surface area contributed by atoms with Crippen LogP contribution in [0.2, 0.25) is 0 Å². The van der Waals surface area contributed by atoms with Gasteiger partial charge in [-0.1, -0.05) is 174 Å². The van der Waals surface area contributed by atoms with E-state index in [0.29, 0.717) is 12.8 Å². The molecule has 1 aliphatic rings. The molecule has 7 atom stereocenters. The first-order valence-corrected chi connectivity index (χ1v) is 20.7. The van der Waals surface area contributed by atoms with Gasteiger partial charge < -0.3 is 40.3 Å². The Morgan fingerprint density at radius 2 is 1.02 bits per heavy atom. The molecule has 292 valence electrons. The molecular weight excluding hydrogens is 622 g/mol. The van der Waals surface area contributed by atoms with Crippen molar-refractivity contribution in [2.24, 2.45) is 0 Å². The zero-order chi connectivity index (χ0) is 36.0. The van der Waals surface area contributed by atoms with Gasteiger partial charge in [0.25, 0.3) is 0 Å². The summed E-state index contributed by atoms with van der Waals surface area (Å²) < 4.78 is 11.2. The molecule has 6 N–H and O–H groups in total. The monoisotopic (exact) mass is 702 g/mol. The van der Waals surface area contributed by atoms with Gasteiger partial charge in [0, 0.05) is 6.42 Å². The van der Waals surface area contributed by atoms with Crippen molar-refractivity contribution in [3.05, 3.63) is 0 Å². The summed E-state index contributed by atoms with van der Waals surface area (Å²) in [6.45, 7) is 3.81. The van der Waals surface area contributed by atoms with Crippen molar-refractivity contribution in [1.82, 2.24) is 5.32 Å². The molecule has 1 amide bonds. The fraction of sp³-hybridized carbons (Fsp3) is 0.975. The Morgan fingerprint density at radius 3 is 1.45 bits per heavy atom. The number of hydrogen-bond acceptors (Lipinski definition) is 8. The number of rotatable bonds is 34. The zero-order valence-electron chi connectivity index (χ0n) is 31.7. The number of amides is 1. The first-order valence-electron chi connectivity index (χ1n) is 20.7. The summed E-state index contributed by atoms with van der Waals surface area (Å²) in [6, 6.07) is -0.709. The van der Waals surface area contributed by atoms with Crippen LogP contribution in [0.25, 0.3) is 0 Å². The SMILES string of the molecule is CCCCCCCCCCCCCCCCCCCC(=O)NC(COC1OC(CO)C(O)C(O)C1O)C(O)CCCCCCCCCCC. The smallest absolute Gasteiger partial charge is 0.220 e. The third kappa shape index (κ3) is 23.4. The molecule has 1 saturated heterocycles. The van der Waals surface area contributed by atoms with Crippen LogP contribution in [0.5, 0.6) is 0 Å². The number of aliphatic hydroxyl groups excluding tert-OH is 5. The maximum absolute atomic E-state index is 12.9. The molecule has 1 fully saturated rings.